The van der Waals surface area contributed by atoms with Gasteiger partial charge in [0.25, 0.3) is 15.9 Å². The molecule has 6 heteroatoms. The summed E-state index contributed by atoms with van der Waals surface area (Å²) in [6.07, 6.45) is 0. The molecule has 1 aliphatic rings. The zero-order valence-corrected chi connectivity index (χ0v) is 8.32. The van der Waals surface area contributed by atoms with Crippen LogP contribution in [0.5, 0.6) is 0 Å². The number of amides is 1. The van der Waals surface area contributed by atoms with Gasteiger partial charge in [-0.1, -0.05) is 12.1 Å². The van der Waals surface area contributed by atoms with Gasteiger partial charge in [-0.25, -0.2) is 13.1 Å². The van der Waals surface area contributed by atoms with Gasteiger partial charge in [-0.3, -0.25) is 4.79 Å². The van der Waals surface area contributed by atoms with Gasteiger partial charge in [-0.2, -0.15) is 0 Å². The minimum Gasteiger partial charge on any atom is -0.268 e. The van der Waals surface area contributed by atoms with Crippen molar-refractivity contribution in [2.75, 3.05) is 0 Å². The van der Waals surface area contributed by atoms with E-state index < -0.39 is 15.9 Å². The van der Waals surface area contributed by atoms with Crippen molar-refractivity contribution < 1.29 is 30.3 Å². The molecule has 0 aliphatic carbocycles. The van der Waals surface area contributed by atoms with Crippen molar-refractivity contribution in [3.63, 3.8) is 0 Å². The van der Waals surface area contributed by atoms with E-state index in [0.717, 1.165) is 0 Å². The van der Waals surface area contributed by atoms with E-state index in [2.05, 4.69) is 0 Å². The smallest absolute Gasteiger partial charge is 0.266 e. The second-order valence-corrected chi connectivity index (χ2v) is 4.08. The Morgan fingerprint density at radius 3 is 2.38 bits per heavy atom. The second kappa shape index (κ2) is 3.14. The van der Waals surface area contributed by atoms with Gasteiger partial charge in [0.1, 0.15) is 4.90 Å². The summed E-state index contributed by atoms with van der Waals surface area (Å²) in [4.78, 5) is 11.1. The third-order valence-electron chi connectivity index (χ3n) is 1.65. The van der Waals surface area contributed by atoms with Crippen molar-refractivity contribution in [3.8, 4) is 0 Å². The van der Waals surface area contributed by atoms with E-state index in [0.29, 0.717) is 0 Å². The molecule has 69 valence electrons. The minimum absolute atomic E-state index is 0. The molecule has 2 rings (SSSR count). The van der Waals surface area contributed by atoms with Crippen molar-refractivity contribution in [2.45, 2.75) is 4.90 Å². The molecule has 0 saturated heterocycles. The van der Waals surface area contributed by atoms with Crippen molar-refractivity contribution in [1.29, 1.82) is 0 Å². The van der Waals surface area contributed by atoms with E-state index >= 15 is 0 Å². The zero-order chi connectivity index (χ0) is 8.77. The van der Waals surface area contributed by atoms with Crippen LogP contribution in [0.2, 0.25) is 0 Å². The number of hydrogen-bond donors (Lipinski definition) is 1. The van der Waals surface area contributed by atoms with E-state index in [4.69, 9.17) is 0 Å². The molecule has 1 aromatic carbocycles. The normalized spacial score (nSPS) is 17.1. The maximum atomic E-state index is 11.1. The summed E-state index contributed by atoms with van der Waals surface area (Å²) in [6, 6.07) is 6.09. The third-order valence-corrected chi connectivity index (χ3v) is 3.04. The van der Waals surface area contributed by atoms with Crippen LogP contribution in [0.15, 0.2) is 29.2 Å². The second-order valence-electron chi connectivity index (χ2n) is 2.43. The van der Waals surface area contributed by atoms with Gasteiger partial charge in [0.15, 0.2) is 0 Å². The van der Waals surface area contributed by atoms with Crippen molar-refractivity contribution in [1.82, 2.24) is 4.72 Å². The van der Waals surface area contributed by atoms with Gasteiger partial charge in [0.2, 0.25) is 0 Å². The number of sulfonamides is 1. The number of hydrogen-bond acceptors (Lipinski definition) is 3. The number of rotatable bonds is 0. The van der Waals surface area contributed by atoms with Gasteiger partial charge in [-0.05, 0) is 12.1 Å². The summed E-state index contributed by atoms with van der Waals surface area (Å²) < 4.78 is 24.2. The molecule has 0 saturated carbocycles. The Hall–Kier alpha value is -0.841. The number of carbonyl (C=O) groups excluding carboxylic acids is 1. The van der Waals surface area contributed by atoms with Crippen molar-refractivity contribution in [3.05, 3.63) is 29.8 Å². The first-order valence-electron chi connectivity index (χ1n) is 3.27. The van der Waals surface area contributed by atoms with Crippen LogP contribution < -0.4 is 4.72 Å². The van der Waals surface area contributed by atoms with E-state index in [-0.39, 0.29) is 27.5 Å². The summed E-state index contributed by atoms with van der Waals surface area (Å²) >= 11 is 0. The van der Waals surface area contributed by atoms with Gasteiger partial charge in [-0.15, -0.1) is 0 Å². The Labute approximate surface area is 85.9 Å². The number of nitrogens with one attached hydrogen (secondary N) is 1. The van der Waals surface area contributed by atoms with E-state index in [9.17, 15) is 13.2 Å². The molecule has 1 amide bonds. The first-order chi connectivity index (χ1) is 5.61. The molecular formula is C7H5MnNO3S. The average molecular weight is 238 g/mol. The van der Waals surface area contributed by atoms with Crippen LogP contribution in [0.1, 0.15) is 10.4 Å². The predicted molar refractivity (Wildman–Crippen MR) is 41.1 cm³/mol. The van der Waals surface area contributed by atoms with Crippen LogP contribution in [0.25, 0.3) is 0 Å². The van der Waals surface area contributed by atoms with Gasteiger partial charge < -0.3 is 0 Å². The molecule has 0 spiro atoms. The molecule has 0 unspecified atom stereocenters. The van der Waals surface area contributed by atoms with Gasteiger partial charge in [0, 0.05) is 17.1 Å². The largest absolute Gasteiger partial charge is 0.268 e. The molecule has 1 aromatic rings. The fraction of sp³-hybridized carbons (Fsp3) is 0. The Bertz CT molecular complexity index is 455. The van der Waals surface area contributed by atoms with Crippen LogP contribution in [-0.2, 0) is 27.1 Å². The van der Waals surface area contributed by atoms with E-state index in [1.807, 2.05) is 4.72 Å². The molecule has 0 atom stereocenters. The predicted octanol–water partition coefficient (Wildman–Crippen LogP) is 0.116. The van der Waals surface area contributed by atoms with Crippen LogP contribution >= 0.6 is 0 Å². The fourth-order valence-corrected chi connectivity index (χ4v) is 2.29. The Morgan fingerprint density at radius 2 is 1.77 bits per heavy atom. The minimum atomic E-state index is -3.55. The summed E-state index contributed by atoms with van der Waals surface area (Å²) in [7, 11) is -3.55. The molecule has 0 fully saturated rings. The zero-order valence-electron chi connectivity index (χ0n) is 6.32. The summed E-state index contributed by atoms with van der Waals surface area (Å²) in [5, 5.41) is 0. The monoisotopic (exact) mass is 238 g/mol. The molecule has 1 N–H and O–H groups in total. The number of carbonyl (C=O) groups is 1. The van der Waals surface area contributed by atoms with Crippen molar-refractivity contribution >= 4 is 15.9 Å². The molecule has 1 aliphatic heterocycles. The molecular weight excluding hydrogens is 233 g/mol. The maximum Gasteiger partial charge on any atom is 0.266 e. The van der Waals surface area contributed by atoms with E-state index in [1.165, 1.54) is 12.1 Å². The topological polar surface area (TPSA) is 63.2 Å². The van der Waals surface area contributed by atoms with Gasteiger partial charge >= 0.3 is 0 Å². The summed E-state index contributed by atoms with van der Waals surface area (Å²) in [6.45, 7) is 0. The van der Waals surface area contributed by atoms with Crippen LogP contribution in [-0.4, -0.2) is 14.3 Å². The average Bonchev–Trinajstić information content (AvgIpc) is 2.25. The quantitative estimate of drug-likeness (QED) is 0.653. The molecule has 1 radical (unpaired) electrons. The van der Waals surface area contributed by atoms with Crippen molar-refractivity contribution in [2.24, 2.45) is 0 Å². The Morgan fingerprint density at radius 1 is 1.15 bits per heavy atom. The van der Waals surface area contributed by atoms with Gasteiger partial charge in [0.05, 0.1) is 5.56 Å². The Balaban J connectivity index is 0.000000845. The SMILES string of the molecule is O=C1NS(=O)(=O)c2ccccc21.[Mn]. The number of fused-ring (bicyclic) bond motifs is 1. The molecule has 0 aromatic heterocycles. The van der Waals surface area contributed by atoms with Crippen LogP contribution in [0, 0.1) is 0 Å². The first kappa shape index (κ1) is 10.2. The summed E-state index contributed by atoms with van der Waals surface area (Å²) in [5.41, 5.74) is 0.220. The first-order valence-corrected chi connectivity index (χ1v) is 4.76. The molecule has 4 nitrogen and oxygen atoms in total. The molecule has 13 heavy (non-hydrogen) atoms. The van der Waals surface area contributed by atoms with Crippen LogP contribution in [0.4, 0.5) is 0 Å². The summed E-state index contributed by atoms with van der Waals surface area (Å²) in [5.74, 6) is -0.550. The third kappa shape index (κ3) is 1.48. The van der Waals surface area contributed by atoms with E-state index in [1.54, 1.807) is 12.1 Å². The van der Waals surface area contributed by atoms with Crippen LogP contribution in [0.3, 0.4) is 0 Å². The maximum absolute atomic E-state index is 11.1. The molecule has 1 heterocycles. The molecule has 0 bridgehead atoms. The standard InChI is InChI=1S/C7H5NO3S.Mn/c9-7-5-3-1-2-4-6(5)12(10,11)8-7;/h1-4H,(H,8,9);. The Kier molecular flexibility index (Phi) is 2.47. The fourth-order valence-electron chi connectivity index (χ4n) is 1.12. The number of benzene rings is 1.